The fraction of sp³-hybridized carbons (Fsp3) is 0.444. The molecule has 0 spiro atoms. The number of halogens is 2. The standard InChI is InChI=1S/C18H22F2N4O/c1-3-17(13-5-4-12(19)6-16(13)20)23-18(25)15-9-21-8-14(15)11-7-22-24(2)10-11/h4-7,10,14-15,17,21H,3,8-9H2,1-2H3,(H,23,25)/t14-,15+,17?/m1/s1. The highest BCUT2D eigenvalue weighted by Gasteiger charge is 2.35. The fourth-order valence-corrected chi connectivity index (χ4v) is 3.40. The minimum atomic E-state index is -0.638. The van der Waals surface area contributed by atoms with Gasteiger partial charge in [0.2, 0.25) is 5.91 Å². The molecule has 1 amide bonds. The number of amides is 1. The molecule has 0 radical (unpaired) electrons. The maximum atomic E-state index is 14.0. The van der Waals surface area contributed by atoms with E-state index in [4.69, 9.17) is 0 Å². The highest BCUT2D eigenvalue weighted by Crippen LogP contribution is 2.29. The van der Waals surface area contributed by atoms with Crippen molar-refractivity contribution in [3.05, 3.63) is 53.4 Å². The number of nitrogens with one attached hydrogen (secondary N) is 2. The van der Waals surface area contributed by atoms with E-state index in [1.165, 1.54) is 12.1 Å². The van der Waals surface area contributed by atoms with E-state index in [1.54, 1.807) is 10.9 Å². The molecule has 2 aromatic rings. The van der Waals surface area contributed by atoms with Gasteiger partial charge in [0.05, 0.1) is 18.2 Å². The second kappa shape index (κ2) is 7.31. The molecule has 0 bridgehead atoms. The highest BCUT2D eigenvalue weighted by atomic mass is 19.1. The van der Waals surface area contributed by atoms with Crippen LogP contribution in [0.2, 0.25) is 0 Å². The summed E-state index contributed by atoms with van der Waals surface area (Å²) in [4.78, 5) is 12.8. The van der Waals surface area contributed by atoms with E-state index in [-0.39, 0.29) is 17.7 Å². The largest absolute Gasteiger partial charge is 0.349 e. The third kappa shape index (κ3) is 3.71. The van der Waals surface area contributed by atoms with Gasteiger partial charge in [0.25, 0.3) is 0 Å². The predicted molar refractivity (Wildman–Crippen MR) is 89.8 cm³/mol. The van der Waals surface area contributed by atoms with Crippen LogP contribution in [0, 0.1) is 17.6 Å². The number of aryl methyl sites for hydroxylation is 1. The van der Waals surface area contributed by atoms with E-state index < -0.39 is 17.7 Å². The molecule has 0 aliphatic carbocycles. The van der Waals surface area contributed by atoms with Gasteiger partial charge in [-0.3, -0.25) is 9.48 Å². The number of aromatic nitrogens is 2. The predicted octanol–water partition coefficient (Wildman–Crippen LogP) is 2.27. The zero-order valence-electron chi connectivity index (χ0n) is 14.3. The van der Waals surface area contributed by atoms with Crippen LogP contribution in [-0.4, -0.2) is 28.8 Å². The number of carbonyl (C=O) groups is 1. The van der Waals surface area contributed by atoms with Gasteiger partial charge in [-0.05, 0) is 18.1 Å². The summed E-state index contributed by atoms with van der Waals surface area (Å²) in [6, 6.07) is 2.97. The topological polar surface area (TPSA) is 59.0 Å². The van der Waals surface area contributed by atoms with Crippen LogP contribution < -0.4 is 10.6 Å². The van der Waals surface area contributed by atoms with Gasteiger partial charge in [-0.25, -0.2) is 8.78 Å². The van der Waals surface area contributed by atoms with Gasteiger partial charge < -0.3 is 10.6 Å². The molecule has 2 heterocycles. The van der Waals surface area contributed by atoms with Gasteiger partial charge in [0, 0.05) is 43.9 Å². The number of benzene rings is 1. The average molecular weight is 348 g/mol. The molecule has 3 rings (SSSR count). The van der Waals surface area contributed by atoms with Crippen LogP contribution in [0.25, 0.3) is 0 Å². The molecule has 2 N–H and O–H groups in total. The van der Waals surface area contributed by atoms with Gasteiger partial charge in [-0.1, -0.05) is 13.0 Å². The van der Waals surface area contributed by atoms with Gasteiger partial charge >= 0.3 is 0 Å². The molecule has 1 saturated heterocycles. The Kier molecular flexibility index (Phi) is 5.13. The van der Waals surface area contributed by atoms with Crippen LogP contribution in [0.5, 0.6) is 0 Å². The van der Waals surface area contributed by atoms with E-state index in [9.17, 15) is 13.6 Å². The van der Waals surface area contributed by atoms with Crippen molar-refractivity contribution >= 4 is 5.91 Å². The first-order valence-corrected chi connectivity index (χ1v) is 8.44. The number of hydrogen-bond donors (Lipinski definition) is 2. The van der Waals surface area contributed by atoms with Crippen molar-refractivity contribution in [3.8, 4) is 0 Å². The van der Waals surface area contributed by atoms with Gasteiger partial charge in [-0.2, -0.15) is 5.10 Å². The summed E-state index contributed by atoms with van der Waals surface area (Å²) in [5.41, 5.74) is 1.31. The first-order chi connectivity index (χ1) is 12.0. The summed E-state index contributed by atoms with van der Waals surface area (Å²) in [5, 5.41) is 10.3. The molecule has 1 aromatic carbocycles. The summed E-state index contributed by atoms with van der Waals surface area (Å²) in [5.74, 6) is -1.61. The lowest BCUT2D eigenvalue weighted by Gasteiger charge is -2.23. The first-order valence-electron chi connectivity index (χ1n) is 8.44. The molecule has 5 nitrogen and oxygen atoms in total. The normalized spacial score (nSPS) is 21.3. The van der Waals surface area contributed by atoms with Crippen LogP contribution >= 0.6 is 0 Å². The van der Waals surface area contributed by atoms with Gasteiger partial charge in [0.15, 0.2) is 0 Å². The Hall–Kier alpha value is -2.28. The van der Waals surface area contributed by atoms with E-state index in [1.807, 2.05) is 20.2 Å². The van der Waals surface area contributed by atoms with Crippen LogP contribution in [0.15, 0.2) is 30.6 Å². The summed E-state index contributed by atoms with van der Waals surface area (Å²) >= 11 is 0. The van der Waals surface area contributed by atoms with E-state index in [0.717, 1.165) is 11.6 Å². The summed E-state index contributed by atoms with van der Waals surface area (Å²) < 4.78 is 28.9. The zero-order valence-corrected chi connectivity index (χ0v) is 14.3. The van der Waals surface area contributed by atoms with Crippen molar-refractivity contribution in [1.29, 1.82) is 0 Å². The maximum absolute atomic E-state index is 14.0. The molecule has 7 heteroatoms. The Morgan fingerprint density at radius 3 is 2.88 bits per heavy atom. The molecule has 3 atom stereocenters. The van der Waals surface area contributed by atoms with Crippen molar-refractivity contribution in [3.63, 3.8) is 0 Å². The molecular weight excluding hydrogens is 326 g/mol. The van der Waals surface area contributed by atoms with Crippen molar-refractivity contribution in [1.82, 2.24) is 20.4 Å². The monoisotopic (exact) mass is 348 g/mol. The van der Waals surface area contributed by atoms with Crippen molar-refractivity contribution < 1.29 is 13.6 Å². The van der Waals surface area contributed by atoms with E-state index in [2.05, 4.69) is 15.7 Å². The fourth-order valence-electron chi connectivity index (χ4n) is 3.40. The van der Waals surface area contributed by atoms with Crippen LogP contribution in [0.1, 0.15) is 36.4 Å². The maximum Gasteiger partial charge on any atom is 0.225 e. The molecule has 1 fully saturated rings. The SMILES string of the molecule is CCC(NC(=O)[C@H]1CNC[C@@H]1c1cnn(C)c1)c1ccc(F)cc1F. The molecule has 1 aromatic heterocycles. The summed E-state index contributed by atoms with van der Waals surface area (Å²) in [6.07, 6.45) is 4.20. The minimum Gasteiger partial charge on any atom is -0.349 e. The Morgan fingerprint density at radius 1 is 1.44 bits per heavy atom. The molecular formula is C18H22F2N4O. The lowest BCUT2D eigenvalue weighted by Crippen LogP contribution is -2.37. The molecule has 0 saturated carbocycles. The Labute approximate surface area is 145 Å². The number of hydrogen-bond acceptors (Lipinski definition) is 3. The first kappa shape index (κ1) is 17.5. The molecule has 134 valence electrons. The van der Waals surface area contributed by atoms with Gasteiger partial charge in [-0.15, -0.1) is 0 Å². The van der Waals surface area contributed by atoms with Crippen LogP contribution in [0.3, 0.4) is 0 Å². The Bertz CT molecular complexity index is 761. The molecule has 25 heavy (non-hydrogen) atoms. The van der Waals surface area contributed by atoms with Gasteiger partial charge in [0.1, 0.15) is 11.6 Å². The summed E-state index contributed by atoms with van der Waals surface area (Å²) in [7, 11) is 1.84. The lowest BCUT2D eigenvalue weighted by molar-refractivity contribution is -0.125. The smallest absolute Gasteiger partial charge is 0.225 e. The second-order valence-electron chi connectivity index (χ2n) is 6.45. The highest BCUT2D eigenvalue weighted by molar-refractivity contribution is 5.81. The second-order valence-corrected chi connectivity index (χ2v) is 6.45. The van der Waals surface area contributed by atoms with Crippen molar-refractivity contribution in [2.24, 2.45) is 13.0 Å². The third-order valence-electron chi connectivity index (χ3n) is 4.77. The number of rotatable bonds is 5. The molecule has 1 aliphatic heterocycles. The van der Waals surface area contributed by atoms with Crippen molar-refractivity contribution in [2.45, 2.75) is 25.3 Å². The Balaban J connectivity index is 1.75. The quantitative estimate of drug-likeness (QED) is 0.871. The molecule has 1 aliphatic rings. The number of carbonyl (C=O) groups excluding carboxylic acids is 1. The number of nitrogens with zero attached hydrogens (tertiary/aromatic N) is 2. The lowest BCUT2D eigenvalue weighted by atomic mass is 9.89. The van der Waals surface area contributed by atoms with E-state index in [0.29, 0.717) is 25.1 Å². The average Bonchev–Trinajstić information content (AvgIpc) is 3.21. The van der Waals surface area contributed by atoms with Crippen LogP contribution in [0.4, 0.5) is 8.78 Å². The summed E-state index contributed by atoms with van der Waals surface area (Å²) in [6.45, 7) is 3.12. The molecule has 1 unspecified atom stereocenters. The van der Waals surface area contributed by atoms with E-state index >= 15 is 0 Å². The Morgan fingerprint density at radius 2 is 2.24 bits per heavy atom. The third-order valence-corrected chi connectivity index (χ3v) is 4.77. The van der Waals surface area contributed by atoms with Crippen molar-refractivity contribution in [2.75, 3.05) is 13.1 Å². The van der Waals surface area contributed by atoms with Crippen LogP contribution in [-0.2, 0) is 11.8 Å². The minimum absolute atomic E-state index is 0.0317. The zero-order chi connectivity index (χ0) is 18.0.